The predicted molar refractivity (Wildman–Crippen MR) is 93.6 cm³/mol. The fraction of sp³-hybridized carbons (Fsp3) is 0.200. The fourth-order valence-corrected chi connectivity index (χ4v) is 2.89. The van der Waals surface area contributed by atoms with E-state index in [1.165, 1.54) is 24.4 Å². The Bertz CT molecular complexity index is 968. The van der Waals surface area contributed by atoms with Gasteiger partial charge in [-0.2, -0.15) is 13.2 Å². The van der Waals surface area contributed by atoms with Crippen LogP contribution < -0.4 is 5.32 Å². The van der Waals surface area contributed by atoms with Crippen LogP contribution >= 0.6 is 0 Å². The molecule has 0 fully saturated rings. The van der Waals surface area contributed by atoms with Gasteiger partial charge >= 0.3 is 6.18 Å². The van der Waals surface area contributed by atoms with Crippen molar-refractivity contribution in [2.75, 3.05) is 0 Å². The van der Waals surface area contributed by atoms with E-state index in [9.17, 15) is 22.4 Å². The third kappa shape index (κ3) is 4.07. The molecule has 1 N–H and O–H groups in total. The molecule has 1 aromatic heterocycles. The van der Waals surface area contributed by atoms with Crippen LogP contribution in [0, 0.1) is 5.82 Å². The number of amides is 1. The molecule has 0 spiro atoms. The molecule has 1 heterocycles. The molecule has 0 aliphatic carbocycles. The Labute approximate surface area is 153 Å². The normalized spacial score (nSPS) is 12.8. The summed E-state index contributed by atoms with van der Waals surface area (Å²) in [6.07, 6.45) is -2.46. The molecule has 1 atom stereocenters. The summed E-state index contributed by atoms with van der Waals surface area (Å²) in [5.74, 6) is -1.10. The molecular weight excluding hydrogens is 360 g/mol. The zero-order chi connectivity index (χ0) is 19.6. The summed E-state index contributed by atoms with van der Waals surface area (Å²) in [6, 6.07) is 9.78. The number of nitrogens with zero attached hydrogens (tertiary/aromatic N) is 1. The number of alkyl halides is 3. The van der Waals surface area contributed by atoms with Crippen molar-refractivity contribution in [3.05, 3.63) is 77.2 Å². The minimum absolute atomic E-state index is 0.0796. The van der Waals surface area contributed by atoms with E-state index in [0.717, 1.165) is 18.2 Å². The summed E-state index contributed by atoms with van der Waals surface area (Å²) in [6.45, 7) is 1.80. The molecule has 0 aliphatic rings. The van der Waals surface area contributed by atoms with Gasteiger partial charge in [0.15, 0.2) is 0 Å². The zero-order valence-electron chi connectivity index (χ0n) is 14.3. The number of hydrogen-bond donors (Lipinski definition) is 1. The summed E-state index contributed by atoms with van der Waals surface area (Å²) in [5.41, 5.74) is 0.218. The molecule has 27 heavy (non-hydrogen) atoms. The minimum Gasteiger partial charge on any atom is -0.345 e. The maximum atomic E-state index is 13.8. The second-order valence-electron chi connectivity index (χ2n) is 6.08. The van der Waals surface area contributed by atoms with E-state index in [1.807, 2.05) is 0 Å². The molecule has 0 radical (unpaired) electrons. The third-order valence-corrected chi connectivity index (χ3v) is 4.27. The van der Waals surface area contributed by atoms with Crippen molar-refractivity contribution in [1.82, 2.24) is 10.3 Å². The fourth-order valence-electron chi connectivity index (χ4n) is 2.89. The number of halogens is 4. The number of carbonyl (C=O) groups excluding carboxylic acids is 1. The van der Waals surface area contributed by atoms with E-state index in [-0.39, 0.29) is 5.56 Å². The Balaban J connectivity index is 1.88. The molecule has 0 bridgehead atoms. The van der Waals surface area contributed by atoms with Gasteiger partial charge in [0.05, 0.1) is 22.7 Å². The standard InChI is InChI=1S/C20H16F4N2O/c1-2-17(12-5-7-14(8-6-12)20(22,23)24)26-19(27)16-11-15(21)10-13-4-3-9-25-18(13)16/h3-11,17H,2H2,1H3,(H,26,27). The molecule has 1 amide bonds. The van der Waals surface area contributed by atoms with E-state index >= 15 is 0 Å². The molecule has 7 heteroatoms. The Morgan fingerprint density at radius 3 is 2.48 bits per heavy atom. The Morgan fingerprint density at radius 2 is 1.85 bits per heavy atom. The smallest absolute Gasteiger partial charge is 0.345 e. The molecule has 2 aromatic carbocycles. The third-order valence-electron chi connectivity index (χ3n) is 4.27. The molecular formula is C20H16F4N2O. The number of nitrogens with one attached hydrogen (secondary N) is 1. The van der Waals surface area contributed by atoms with Crippen molar-refractivity contribution < 1.29 is 22.4 Å². The summed E-state index contributed by atoms with van der Waals surface area (Å²) in [5, 5.41) is 3.24. The van der Waals surface area contributed by atoms with Crippen LogP contribution in [0.1, 0.15) is 40.9 Å². The van der Waals surface area contributed by atoms with Crippen molar-refractivity contribution in [3.8, 4) is 0 Å². The first-order valence-corrected chi connectivity index (χ1v) is 8.32. The molecule has 0 saturated heterocycles. The van der Waals surface area contributed by atoms with Gasteiger partial charge in [-0.05, 0) is 42.3 Å². The highest BCUT2D eigenvalue weighted by atomic mass is 19.4. The van der Waals surface area contributed by atoms with Gasteiger partial charge in [-0.3, -0.25) is 9.78 Å². The van der Waals surface area contributed by atoms with Gasteiger partial charge in [0.2, 0.25) is 0 Å². The van der Waals surface area contributed by atoms with Crippen LogP contribution in [0.15, 0.2) is 54.7 Å². The number of rotatable bonds is 4. The van der Waals surface area contributed by atoms with Crippen molar-refractivity contribution in [2.45, 2.75) is 25.6 Å². The molecule has 1 unspecified atom stereocenters. The van der Waals surface area contributed by atoms with Gasteiger partial charge in [0.1, 0.15) is 5.82 Å². The molecule has 3 rings (SSSR count). The number of fused-ring (bicyclic) bond motifs is 1. The second kappa shape index (κ2) is 7.34. The Hall–Kier alpha value is -2.96. The van der Waals surface area contributed by atoms with Gasteiger partial charge < -0.3 is 5.32 Å². The average Bonchev–Trinajstić information content (AvgIpc) is 2.64. The highest BCUT2D eigenvalue weighted by molar-refractivity contribution is 6.05. The molecule has 3 nitrogen and oxygen atoms in total. The van der Waals surface area contributed by atoms with Crippen LogP contribution in [0.25, 0.3) is 10.9 Å². The van der Waals surface area contributed by atoms with Crippen LogP contribution in [-0.2, 0) is 6.18 Å². The first kappa shape index (κ1) is 18.8. The molecule has 0 aliphatic heterocycles. The van der Waals surface area contributed by atoms with E-state index in [1.54, 1.807) is 19.1 Å². The van der Waals surface area contributed by atoms with Gasteiger partial charge in [-0.25, -0.2) is 4.39 Å². The zero-order valence-corrected chi connectivity index (χ0v) is 14.3. The molecule has 0 saturated carbocycles. The lowest BCUT2D eigenvalue weighted by atomic mass is 10.0. The van der Waals surface area contributed by atoms with Crippen LogP contribution in [-0.4, -0.2) is 10.9 Å². The molecule has 3 aromatic rings. The maximum absolute atomic E-state index is 13.8. The summed E-state index contributed by atoms with van der Waals surface area (Å²) < 4.78 is 52.0. The van der Waals surface area contributed by atoms with Crippen LogP contribution in [0.2, 0.25) is 0 Å². The summed E-state index contributed by atoms with van der Waals surface area (Å²) in [7, 11) is 0. The van der Waals surface area contributed by atoms with Gasteiger partial charge in [-0.15, -0.1) is 0 Å². The Morgan fingerprint density at radius 1 is 1.15 bits per heavy atom. The Kier molecular flexibility index (Phi) is 5.12. The lowest BCUT2D eigenvalue weighted by molar-refractivity contribution is -0.137. The molecule has 140 valence electrons. The SMILES string of the molecule is CCC(NC(=O)c1cc(F)cc2cccnc12)c1ccc(C(F)(F)F)cc1. The number of pyridine rings is 1. The first-order valence-electron chi connectivity index (χ1n) is 8.32. The van der Waals surface area contributed by atoms with Crippen LogP contribution in [0.5, 0.6) is 0 Å². The van der Waals surface area contributed by atoms with E-state index in [4.69, 9.17) is 0 Å². The van der Waals surface area contributed by atoms with Crippen LogP contribution in [0.3, 0.4) is 0 Å². The van der Waals surface area contributed by atoms with Crippen LogP contribution in [0.4, 0.5) is 17.6 Å². The number of benzene rings is 2. The van der Waals surface area contributed by atoms with Crippen molar-refractivity contribution in [1.29, 1.82) is 0 Å². The van der Waals surface area contributed by atoms with Gasteiger partial charge in [0, 0.05) is 11.6 Å². The minimum atomic E-state index is -4.42. The highest BCUT2D eigenvalue weighted by Gasteiger charge is 2.30. The van der Waals surface area contributed by atoms with E-state index < -0.39 is 29.5 Å². The van der Waals surface area contributed by atoms with Crippen molar-refractivity contribution in [2.24, 2.45) is 0 Å². The lowest BCUT2D eigenvalue weighted by Gasteiger charge is -2.19. The quantitative estimate of drug-likeness (QED) is 0.630. The highest BCUT2D eigenvalue weighted by Crippen LogP contribution is 2.30. The maximum Gasteiger partial charge on any atom is 0.416 e. The average molecular weight is 376 g/mol. The van der Waals surface area contributed by atoms with Gasteiger partial charge in [-0.1, -0.05) is 25.1 Å². The summed E-state index contributed by atoms with van der Waals surface area (Å²) in [4.78, 5) is 16.8. The van der Waals surface area contributed by atoms with Crippen molar-refractivity contribution >= 4 is 16.8 Å². The first-order chi connectivity index (χ1) is 12.8. The second-order valence-corrected chi connectivity index (χ2v) is 6.08. The van der Waals surface area contributed by atoms with E-state index in [0.29, 0.717) is 22.9 Å². The largest absolute Gasteiger partial charge is 0.416 e. The van der Waals surface area contributed by atoms with E-state index in [2.05, 4.69) is 10.3 Å². The van der Waals surface area contributed by atoms with Gasteiger partial charge in [0.25, 0.3) is 5.91 Å². The number of hydrogen-bond acceptors (Lipinski definition) is 2. The summed E-state index contributed by atoms with van der Waals surface area (Å²) >= 11 is 0. The predicted octanol–water partition coefficient (Wildman–Crippen LogP) is 5.27. The monoisotopic (exact) mass is 376 g/mol. The number of carbonyl (C=O) groups is 1. The topological polar surface area (TPSA) is 42.0 Å². The number of aromatic nitrogens is 1. The van der Waals surface area contributed by atoms with Crippen molar-refractivity contribution in [3.63, 3.8) is 0 Å². The lowest BCUT2D eigenvalue weighted by Crippen LogP contribution is -2.28.